The Balaban J connectivity index is 2.45. The van der Waals surface area contributed by atoms with Crippen molar-refractivity contribution in [3.05, 3.63) is 18.7 Å². The Hall–Kier alpha value is -1.20. The van der Waals surface area contributed by atoms with E-state index in [0.29, 0.717) is 11.0 Å². The molecule has 1 unspecified atom stereocenters. The van der Waals surface area contributed by atoms with E-state index in [1.165, 1.54) is 10.9 Å². The first-order chi connectivity index (χ1) is 6.88. The van der Waals surface area contributed by atoms with Crippen LogP contribution in [0.1, 0.15) is 11.2 Å². The first-order valence-corrected chi connectivity index (χ1v) is 4.88. The van der Waals surface area contributed by atoms with Crippen LogP contribution in [0.3, 0.4) is 0 Å². The quantitative estimate of drug-likeness (QED) is 0.714. The fourth-order valence-electron chi connectivity index (χ4n) is 1.41. The Bertz CT molecular complexity index is 314. The van der Waals surface area contributed by atoms with E-state index in [1.807, 2.05) is 21.1 Å². The highest BCUT2D eigenvalue weighted by molar-refractivity contribution is 5.79. The average molecular weight is 212 g/mol. The van der Waals surface area contributed by atoms with E-state index in [2.05, 4.69) is 4.98 Å². The summed E-state index contributed by atoms with van der Waals surface area (Å²) in [5.74, 6) is -0.131. The molecule has 0 bridgehead atoms. The van der Waals surface area contributed by atoms with E-state index in [9.17, 15) is 9.90 Å². The third-order valence-electron chi connectivity index (χ3n) is 1.96. The summed E-state index contributed by atoms with van der Waals surface area (Å²) in [6.45, 7) is 0.556. The van der Waals surface area contributed by atoms with Gasteiger partial charge in [-0.15, -0.1) is 0 Å². The number of hydrogen-bond donors (Lipinski definition) is 1. The van der Waals surface area contributed by atoms with Crippen LogP contribution in [-0.2, 0) is 0 Å². The minimum absolute atomic E-state index is 0.131. The molecule has 1 atom stereocenters. The van der Waals surface area contributed by atoms with E-state index < -0.39 is 6.10 Å². The van der Waals surface area contributed by atoms with Gasteiger partial charge in [-0.05, 0) is 0 Å². The van der Waals surface area contributed by atoms with Gasteiger partial charge >= 0.3 is 0 Å². The highest BCUT2D eigenvalue weighted by Gasteiger charge is 2.19. The van der Waals surface area contributed by atoms with Gasteiger partial charge in [0.15, 0.2) is 0 Å². The second-order valence-corrected chi connectivity index (χ2v) is 4.69. The number of aliphatic hydroxyl groups is 1. The number of nitrogens with zero attached hydrogens (tertiary/aromatic N) is 3. The maximum atomic E-state index is 11.6. The fraction of sp³-hybridized carbons (Fsp3) is 0.600. The first-order valence-electron chi connectivity index (χ1n) is 4.88. The molecule has 5 nitrogen and oxygen atoms in total. The van der Waals surface area contributed by atoms with Crippen molar-refractivity contribution in [2.75, 3.05) is 27.7 Å². The summed E-state index contributed by atoms with van der Waals surface area (Å²) in [5, 5.41) is 9.68. The minimum Gasteiger partial charge on any atom is -0.387 e. The topological polar surface area (TPSA) is 55.1 Å². The summed E-state index contributed by atoms with van der Waals surface area (Å²) < 4.78 is 2.03. The predicted octanol–water partition coefficient (Wildman–Crippen LogP) is -0.0195. The summed E-state index contributed by atoms with van der Waals surface area (Å²) in [6.07, 6.45) is 4.10. The van der Waals surface area contributed by atoms with Gasteiger partial charge in [0.25, 0.3) is 0 Å². The molecule has 1 rings (SSSR count). The number of aliphatic hydroxyl groups excluding tert-OH is 1. The van der Waals surface area contributed by atoms with Crippen molar-refractivity contribution < 1.29 is 14.4 Å². The summed E-state index contributed by atoms with van der Waals surface area (Å²) in [4.78, 5) is 15.3. The average Bonchev–Trinajstić information content (AvgIpc) is 2.50. The van der Waals surface area contributed by atoms with Gasteiger partial charge in [0.2, 0.25) is 5.91 Å². The summed E-state index contributed by atoms with van der Waals surface area (Å²) in [5.41, 5.74) is 0. The second kappa shape index (κ2) is 4.55. The molecule has 0 amide bonds. The van der Waals surface area contributed by atoms with E-state index in [4.69, 9.17) is 0 Å². The summed E-state index contributed by atoms with van der Waals surface area (Å²) in [7, 11) is 5.93. The van der Waals surface area contributed by atoms with Crippen molar-refractivity contribution in [3.63, 3.8) is 0 Å². The molecule has 5 heteroatoms. The van der Waals surface area contributed by atoms with Crippen molar-refractivity contribution in [2.45, 2.75) is 12.5 Å². The van der Waals surface area contributed by atoms with Crippen molar-refractivity contribution in [1.82, 2.24) is 9.55 Å². The molecule has 0 spiro atoms. The maximum absolute atomic E-state index is 11.6. The molecular formula is C10H18N3O2+. The molecule has 0 aliphatic rings. The van der Waals surface area contributed by atoms with Crippen LogP contribution in [0.5, 0.6) is 0 Å². The van der Waals surface area contributed by atoms with Crippen LogP contribution in [0.25, 0.3) is 0 Å². The number of rotatable bonds is 4. The van der Waals surface area contributed by atoms with Crippen LogP contribution in [0.15, 0.2) is 18.7 Å². The number of quaternary nitrogens is 1. The standard InChI is InChI=1S/C10H18N3O2/c1-13(2,3)7-9(14)6-10(15)12-5-4-11-8-12/h4-5,8-9,14H,6-7H2,1-3H3/q+1. The number of carbonyl (C=O) groups excluding carboxylic acids is 1. The van der Waals surface area contributed by atoms with Crippen LogP contribution in [0.2, 0.25) is 0 Å². The first kappa shape index (κ1) is 11.9. The van der Waals surface area contributed by atoms with Crippen LogP contribution in [-0.4, -0.2) is 58.8 Å². The lowest BCUT2D eigenvalue weighted by Crippen LogP contribution is -2.42. The Morgan fingerprint density at radius 3 is 2.67 bits per heavy atom. The Labute approximate surface area is 89.6 Å². The number of aromatic nitrogens is 2. The monoisotopic (exact) mass is 212 g/mol. The maximum Gasteiger partial charge on any atom is 0.234 e. The number of carbonyl (C=O) groups is 1. The van der Waals surface area contributed by atoms with Gasteiger partial charge in [0, 0.05) is 12.4 Å². The van der Waals surface area contributed by atoms with Gasteiger partial charge in [0.05, 0.1) is 27.6 Å². The minimum atomic E-state index is -0.611. The molecule has 0 saturated heterocycles. The van der Waals surface area contributed by atoms with Crippen LogP contribution in [0.4, 0.5) is 0 Å². The lowest BCUT2D eigenvalue weighted by Gasteiger charge is -2.26. The van der Waals surface area contributed by atoms with E-state index in [-0.39, 0.29) is 12.3 Å². The molecule has 0 aliphatic heterocycles. The molecule has 1 aromatic heterocycles. The van der Waals surface area contributed by atoms with E-state index in [0.717, 1.165) is 0 Å². The van der Waals surface area contributed by atoms with Gasteiger partial charge in [-0.25, -0.2) is 4.98 Å². The predicted molar refractivity (Wildman–Crippen MR) is 56.4 cm³/mol. The van der Waals surface area contributed by atoms with Gasteiger partial charge in [0.1, 0.15) is 19.0 Å². The van der Waals surface area contributed by atoms with E-state index >= 15 is 0 Å². The highest BCUT2D eigenvalue weighted by atomic mass is 16.3. The summed E-state index contributed by atoms with van der Waals surface area (Å²) in [6, 6.07) is 0. The van der Waals surface area contributed by atoms with E-state index in [1.54, 1.807) is 12.4 Å². The summed E-state index contributed by atoms with van der Waals surface area (Å²) >= 11 is 0. The third-order valence-corrected chi connectivity index (χ3v) is 1.96. The van der Waals surface area contributed by atoms with Crippen molar-refractivity contribution in [3.8, 4) is 0 Å². The molecular weight excluding hydrogens is 194 g/mol. The zero-order valence-corrected chi connectivity index (χ0v) is 9.42. The Morgan fingerprint density at radius 1 is 1.53 bits per heavy atom. The molecule has 1 N–H and O–H groups in total. The molecule has 84 valence electrons. The molecule has 0 saturated carbocycles. The zero-order chi connectivity index (χ0) is 11.5. The Kier molecular flexibility index (Phi) is 3.60. The number of imidazole rings is 1. The molecule has 0 aliphatic carbocycles. The van der Waals surface area contributed by atoms with Crippen LogP contribution >= 0.6 is 0 Å². The van der Waals surface area contributed by atoms with Gasteiger partial charge in [-0.1, -0.05) is 0 Å². The normalized spacial score (nSPS) is 13.9. The molecule has 1 aromatic rings. The molecule has 15 heavy (non-hydrogen) atoms. The third kappa shape index (κ3) is 4.22. The zero-order valence-electron chi connectivity index (χ0n) is 9.42. The lowest BCUT2D eigenvalue weighted by molar-refractivity contribution is -0.873. The highest BCUT2D eigenvalue weighted by Crippen LogP contribution is 2.01. The lowest BCUT2D eigenvalue weighted by atomic mass is 10.2. The number of likely N-dealkylation sites (N-methyl/N-ethyl adjacent to an activating group) is 1. The molecule has 0 aromatic carbocycles. The SMILES string of the molecule is C[N+](C)(C)CC(O)CC(=O)n1ccnc1. The van der Waals surface area contributed by atoms with Gasteiger partial charge < -0.3 is 9.59 Å². The van der Waals surface area contributed by atoms with Crippen LogP contribution in [0, 0.1) is 0 Å². The fourth-order valence-corrected chi connectivity index (χ4v) is 1.41. The van der Waals surface area contributed by atoms with Crippen molar-refractivity contribution in [1.29, 1.82) is 0 Å². The molecule has 0 radical (unpaired) electrons. The van der Waals surface area contributed by atoms with Gasteiger partial charge in [-0.3, -0.25) is 9.36 Å². The van der Waals surface area contributed by atoms with Crippen molar-refractivity contribution >= 4 is 5.91 Å². The Morgan fingerprint density at radius 2 is 2.20 bits per heavy atom. The molecule has 1 heterocycles. The second-order valence-electron chi connectivity index (χ2n) is 4.69. The van der Waals surface area contributed by atoms with Crippen LogP contribution < -0.4 is 0 Å². The number of hydrogen-bond acceptors (Lipinski definition) is 3. The smallest absolute Gasteiger partial charge is 0.234 e. The molecule has 0 fully saturated rings. The van der Waals surface area contributed by atoms with Crippen molar-refractivity contribution in [2.24, 2.45) is 0 Å². The largest absolute Gasteiger partial charge is 0.387 e. The van der Waals surface area contributed by atoms with Gasteiger partial charge in [-0.2, -0.15) is 0 Å².